The van der Waals surface area contributed by atoms with E-state index in [4.69, 9.17) is 0 Å². The van der Waals surface area contributed by atoms with Crippen molar-refractivity contribution < 1.29 is 23.1 Å². The molecule has 1 aromatic rings. The Balaban J connectivity index is 1.86. The second-order valence-corrected chi connectivity index (χ2v) is 5.03. The third-order valence-electron chi connectivity index (χ3n) is 2.54. The molecule has 2 rings (SSSR count). The van der Waals surface area contributed by atoms with Gasteiger partial charge in [0.1, 0.15) is 12.3 Å². The van der Waals surface area contributed by atoms with Gasteiger partial charge in [-0.25, -0.2) is 0 Å². The van der Waals surface area contributed by atoms with E-state index in [1.54, 1.807) is 0 Å². The fourth-order valence-electron chi connectivity index (χ4n) is 1.66. The molecule has 5 nitrogen and oxygen atoms in total. The maximum Gasteiger partial charge on any atom is 0.387 e. The molecule has 20 heavy (non-hydrogen) atoms. The van der Waals surface area contributed by atoms with Crippen LogP contribution in [0.5, 0.6) is 5.75 Å². The summed E-state index contributed by atoms with van der Waals surface area (Å²) in [7, 11) is 0. The Hall–Kier alpha value is -1.83. The van der Waals surface area contributed by atoms with Gasteiger partial charge in [0.25, 0.3) is 5.24 Å². The van der Waals surface area contributed by atoms with Crippen molar-refractivity contribution in [2.45, 2.75) is 6.61 Å². The number of alkyl halides is 2. The average molecular weight is 302 g/mol. The van der Waals surface area contributed by atoms with Gasteiger partial charge in [0.2, 0.25) is 5.91 Å². The van der Waals surface area contributed by atoms with Gasteiger partial charge in [-0.05, 0) is 24.3 Å². The number of carbonyl (C=O) groups is 2. The van der Waals surface area contributed by atoms with Crippen molar-refractivity contribution in [3.05, 3.63) is 24.3 Å². The number of nitrogens with one attached hydrogen (secondary N) is 1. The van der Waals surface area contributed by atoms with E-state index in [-0.39, 0.29) is 23.4 Å². The average Bonchev–Trinajstić information content (AvgIpc) is 2.77. The molecule has 1 aliphatic rings. The standard InChI is InChI=1S/C12H12F2N2O3S/c13-11(14)19-9-3-1-8(2-4-9)15-10(17)7-16-5-6-20-12(16)18/h1-4,11H,5-7H2,(H,15,17). The maximum atomic E-state index is 12.0. The molecular formula is C12H12F2N2O3S. The molecular weight excluding hydrogens is 290 g/mol. The van der Waals surface area contributed by atoms with Crippen LogP contribution in [0.1, 0.15) is 0 Å². The van der Waals surface area contributed by atoms with E-state index in [2.05, 4.69) is 10.1 Å². The number of rotatable bonds is 5. The lowest BCUT2D eigenvalue weighted by Crippen LogP contribution is -2.33. The molecule has 0 unspecified atom stereocenters. The summed E-state index contributed by atoms with van der Waals surface area (Å²) in [4.78, 5) is 24.5. The number of ether oxygens (including phenoxy) is 1. The largest absolute Gasteiger partial charge is 0.435 e. The minimum absolute atomic E-state index is 0.0128. The van der Waals surface area contributed by atoms with E-state index in [1.807, 2.05) is 0 Å². The molecule has 8 heteroatoms. The van der Waals surface area contributed by atoms with E-state index in [1.165, 1.54) is 40.9 Å². The van der Waals surface area contributed by atoms with Crippen LogP contribution in [0, 0.1) is 0 Å². The zero-order valence-corrected chi connectivity index (χ0v) is 11.2. The molecule has 0 aliphatic carbocycles. The van der Waals surface area contributed by atoms with Crippen LogP contribution in [0.4, 0.5) is 19.3 Å². The second-order valence-electron chi connectivity index (χ2n) is 3.99. The summed E-state index contributed by atoms with van der Waals surface area (Å²) in [5, 5.41) is 2.47. The summed E-state index contributed by atoms with van der Waals surface area (Å²) in [5.74, 6) is 0.374. The van der Waals surface area contributed by atoms with Gasteiger partial charge in [0.05, 0.1) is 0 Å². The summed E-state index contributed by atoms with van der Waals surface area (Å²) in [6.07, 6.45) is 0. The minimum atomic E-state index is -2.88. The number of nitrogens with zero attached hydrogens (tertiary/aromatic N) is 1. The summed E-state index contributed by atoms with van der Waals surface area (Å²) in [5.41, 5.74) is 0.455. The Labute approximate surface area is 118 Å². The van der Waals surface area contributed by atoms with Gasteiger partial charge in [0, 0.05) is 18.0 Å². The normalized spacial score (nSPS) is 14.8. The molecule has 1 aromatic carbocycles. The smallest absolute Gasteiger partial charge is 0.387 e. The van der Waals surface area contributed by atoms with Gasteiger partial charge in [-0.1, -0.05) is 11.8 Å². The molecule has 1 heterocycles. The van der Waals surface area contributed by atoms with E-state index in [9.17, 15) is 18.4 Å². The number of thioether (sulfide) groups is 1. The fraction of sp³-hybridized carbons (Fsp3) is 0.333. The highest BCUT2D eigenvalue weighted by atomic mass is 32.2. The molecule has 0 aromatic heterocycles. The van der Waals surface area contributed by atoms with Gasteiger partial charge in [-0.2, -0.15) is 8.78 Å². The molecule has 0 saturated carbocycles. The Morgan fingerprint density at radius 1 is 1.40 bits per heavy atom. The minimum Gasteiger partial charge on any atom is -0.435 e. The Morgan fingerprint density at radius 2 is 2.10 bits per heavy atom. The van der Waals surface area contributed by atoms with Crippen LogP contribution in [0.25, 0.3) is 0 Å². The first-order valence-electron chi connectivity index (χ1n) is 5.81. The van der Waals surface area contributed by atoms with Crippen LogP contribution in [-0.2, 0) is 4.79 Å². The zero-order valence-electron chi connectivity index (χ0n) is 10.3. The highest BCUT2D eigenvalue weighted by molar-refractivity contribution is 8.13. The van der Waals surface area contributed by atoms with Crippen molar-refractivity contribution in [3.8, 4) is 5.75 Å². The number of anilines is 1. The third kappa shape index (κ3) is 4.09. The van der Waals surface area contributed by atoms with Gasteiger partial charge < -0.3 is 15.0 Å². The predicted octanol–water partition coefficient (Wildman–Crippen LogP) is 2.40. The Kier molecular flexibility index (Phi) is 4.78. The first-order valence-corrected chi connectivity index (χ1v) is 6.79. The van der Waals surface area contributed by atoms with Gasteiger partial charge in [0.15, 0.2) is 0 Å². The molecule has 0 spiro atoms. The number of hydrogen-bond acceptors (Lipinski definition) is 4. The van der Waals surface area contributed by atoms with Crippen molar-refractivity contribution in [2.24, 2.45) is 0 Å². The van der Waals surface area contributed by atoms with Crippen LogP contribution in [0.2, 0.25) is 0 Å². The summed E-state index contributed by atoms with van der Waals surface area (Å²) in [6, 6.07) is 5.57. The molecule has 1 fully saturated rings. The van der Waals surface area contributed by atoms with Crippen LogP contribution in [0.3, 0.4) is 0 Å². The van der Waals surface area contributed by atoms with Crippen molar-refractivity contribution in [1.82, 2.24) is 4.90 Å². The van der Waals surface area contributed by atoms with Gasteiger partial charge in [-0.15, -0.1) is 0 Å². The van der Waals surface area contributed by atoms with Gasteiger partial charge in [-0.3, -0.25) is 9.59 Å². The summed E-state index contributed by atoms with van der Waals surface area (Å²) >= 11 is 1.18. The van der Waals surface area contributed by atoms with Crippen molar-refractivity contribution in [2.75, 3.05) is 24.2 Å². The van der Waals surface area contributed by atoms with E-state index in [0.717, 1.165) is 0 Å². The molecule has 1 aliphatic heterocycles. The second kappa shape index (κ2) is 6.56. The molecule has 2 amide bonds. The third-order valence-corrected chi connectivity index (χ3v) is 3.43. The molecule has 0 radical (unpaired) electrons. The van der Waals surface area contributed by atoms with E-state index >= 15 is 0 Å². The lowest BCUT2D eigenvalue weighted by molar-refractivity contribution is -0.116. The van der Waals surface area contributed by atoms with Crippen LogP contribution >= 0.6 is 11.8 Å². The molecule has 1 saturated heterocycles. The van der Waals surface area contributed by atoms with Crippen LogP contribution in [-0.4, -0.2) is 41.5 Å². The lowest BCUT2D eigenvalue weighted by atomic mass is 10.3. The summed E-state index contributed by atoms with van der Waals surface area (Å²) < 4.78 is 28.1. The summed E-state index contributed by atoms with van der Waals surface area (Å²) in [6.45, 7) is -2.34. The highest BCUT2D eigenvalue weighted by Gasteiger charge is 2.23. The van der Waals surface area contributed by atoms with Gasteiger partial charge >= 0.3 is 6.61 Å². The number of hydrogen-bond donors (Lipinski definition) is 1. The quantitative estimate of drug-likeness (QED) is 0.907. The molecule has 0 bridgehead atoms. The zero-order chi connectivity index (χ0) is 14.5. The first-order chi connectivity index (χ1) is 9.54. The Bertz CT molecular complexity index is 496. The fourth-order valence-corrected chi connectivity index (χ4v) is 2.49. The van der Waals surface area contributed by atoms with Crippen LogP contribution < -0.4 is 10.1 Å². The highest BCUT2D eigenvalue weighted by Crippen LogP contribution is 2.19. The molecule has 0 atom stereocenters. The van der Waals surface area contributed by atoms with Crippen molar-refractivity contribution in [1.29, 1.82) is 0 Å². The Morgan fingerprint density at radius 3 is 2.65 bits per heavy atom. The first kappa shape index (κ1) is 14.6. The predicted molar refractivity (Wildman–Crippen MR) is 71.1 cm³/mol. The maximum absolute atomic E-state index is 12.0. The SMILES string of the molecule is O=C(CN1CCSC1=O)Nc1ccc(OC(F)F)cc1. The number of carbonyl (C=O) groups excluding carboxylic acids is 2. The molecule has 108 valence electrons. The van der Waals surface area contributed by atoms with Crippen molar-refractivity contribution >= 4 is 28.6 Å². The van der Waals surface area contributed by atoms with Crippen molar-refractivity contribution in [3.63, 3.8) is 0 Å². The number of benzene rings is 1. The van der Waals surface area contributed by atoms with E-state index < -0.39 is 6.61 Å². The van der Waals surface area contributed by atoms with Crippen LogP contribution in [0.15, 0.2) is 24.3 Å². The monoisotopic (exact) mass is 302 g/mol. The number of amides is 2. The lowest BCUT2D eigenvalue weighted by Gasteiger charge is -2.14. The molecule has 1 N–H and O–H groups in total. The number of halogens is 2. The van der Waals surface area contributed by atoms with E-state index in [0.29, 0.717) is 18.0 Å². The topological polar surface area (TPSA) is 58.6 Å².